The van der Waals surface area contributed by atoms with E-state index < -0.39 is 0 Å². The number of nitrogens with two attached hydrogens (primary N) is 1. The Balaban J connectivity index is 1.76. The van der Waals surface area contributed by atoms with Crippen molar-refractivity contribution >= 4 is 23.0 Å². The van der Waals surface area contributed by atoms with E-state index in [1.165, 1.54) is 16.8 Å². The number of nitrogens with zero attached hydrogens (tertiary/aromatic N) is 1. The predicted octanol–water partition coefficient (Wildman–Crippen LogP) is 3.83. The molecule has 1 fully saturated rings. The van der Waals surface area contributed by atoms with Gasteiger partial charge in [0.05, 0.1) is 10.7 Å². The number of anilines is 2. The molecule has 0 bridgehead atoms. The number of rotatable bonds is 2. The minimum Gasteiger partial charge on any atom is -0.398 e. The maximum Gasteiger partial charge on any atom is 0.0656 e. The summed E-state index contributed by atoms with van der Waals surface area (Å²) in [6.07, 6.45) is 0. The fourth-order valence-corrected chi connectivity index (χ4v) is 2.80. The van der Waals surface area contributed by atoms with Crippen molar-refractivity contribution < 1.29 is 0 Å². The van der Waals surface area contributed by atoms with Crippen LogP contribution in [-0.2, 0) is 0 Å². The Hall–Kier alpha value is -1.67. The SMILES string of the molecule is Cc1cc(N)c(Cl)cc1N1CC(c2ccccc2)C1. The van der Waals surface area contributed by atoms with Crippen molar-refractivity contribution in [1.29, 1.82) is 0 Å². The summed E-state index contributed by atoms with van der Waals surface area (Å²) in [7, 11) is 0. The molecular formula is C16H17ClN2. The summed E-state index contributed by atoms with van der Waals surface area (Å²) in [6.45, 7) is 4.17. The van der Waals surface area contributed by atoms with Gasteiger partial charge in [-0.25, -0.2) is 0 Å². The summed E-state index contributed by atoms with van der Waals surface area (Å²) in [4.78, 5) is 2.36. The zero-order chi connectivity index (χ0) is 13.4. The molecule has 3 rings (SSSR count). The second-order valence-electron chi connectivity index (χ2n) is 5.17. The summed E-state index contributed by atoms with van der Waals surface area (Å²) in [5.41, 5.74) is 10.3. The van der Waals surface area contributed by atoms with E-state index in [0.29, 0.717) is 16.6 Å². The first-order valence-corrected chi connectivity index (χ1v) is 6.88. The van der Waals surface area contributed by atoms with E-state index in [9.17, 15) is 0 Å². The molecule has 1 aliphatic heterocycles. The molecule has 0 aliphatic carbocycles. The Kier molecular flexibility index (Phi) is 3.11. The van der Waals surface area contributed by atoms with E-state index in [2.05, 4.69) is 42.2 Å². The third-order valence-corrected chi connectivity index (χ3v) is 4.14. The van der Waals surface area contributed by atoms with Crippen LogP contribution >= 0.6 is 11.6 Å². The minimum absolute atomic E-state index is 0.622. The van der Waals surface area contributed by atoms with Gasteiger partial charge >= 0.3 is 0 Å². The number of aryl methyl sites for hydroxylation is 1. The number of hydrogen-bond acceptors (Lipinski definition) is 2. The van der Waals surface area contributed by atoms with Crippen molar-refractivity contribution in [2.24, 2.45) is 0 Å². The topological polar surface area (TPSA) is 29.3 Å². The van der Waals surface area contributed by atoms with Crippen LogP contribution in [0.5, 0.6) is 0 Å². The lowest BCUT2D eigenvalue weighted by Gasteiger charge is -2.42. The lowest BCUT2D eigenvalue weighted by molar-refractivity contribution is 0.524. The summed E-state index contributed by atoms with van der Waals surface area (Å²) in [6, 6.07) is 14.6. The van der Waals surface area contributed by atoms with Crippen LogP contribution in [0.15, 0.2) is 42.5 Å². The summed E-state index contributed by atoms with van der Waals surface area (Å²) < 4.78 is 0. The smallest absolute Gasteiger partial charge is 0.0656 e. The van der Waals surface area contributed by atoms with Gasteiger partial charge in [0.15, 0.2) is 0 Å². The van der Waals surface area contributed by atoms with Gasteiger partial charge in [0.2, 0.25) is 0 Å². The third kappa shape index (κ3) is 2.28. The van der Waals surface area contributed by atoms with Gasteiger partial charge < -0.3 is 10.6 Å². The highest BCUT2D eigenvalue weighted by Gasteiger charge is 2.29. The van der Waals surface area contributed by atoms with Crippen molar-refractivity contribution in [1.82, 2.24) is 0 Å². The van der Waals surface area contributed by atoms with Gasteiger partial charge in [-0.05, 0) is 30.2 Å². The van der Waals surface area contributed by atoms with E-state index in [1.54, 1.807) is 0 Å². The van der Waals surface area contributed by atoms with E-state index >= 15 is 0 Å². The quantitative estimate of drug-likeness (QED) is 0.842. The Morgan fingerprint density at radius 3 is 2.53 bits per heavy atom. The fraction of sp³-hybridized carbons (Fsp3) is 0.250. The highest BCUT2D eigenvalue weighted by molar-refractivity contribution is 6.33. The number of benzene rings is 2. The number of halogens is 1. The fourth-order valence-electron chi connectivity index (χ4n) is 2.65. The molecule has 0 unspecified atom stereocenters. The Bertz CT molecular complexity index is 589. The largest absolute Gasteiger partial charge is 0.398 e. The Labute approximate surface area is 118 Å². The summed E-state index contributed by atoms with van der Waals surface area (Å²) >= 11 is 6.11. The normalized spacial score (nSPS) is 15.4. The molecule has 98 valence electrons. The van der Waals surface area contributed by atoms with E-state index in [1.807, 2.05) is 12.1 Å². The Morgan fingerprint density at radius 1 is 1.16 bits per heavy atom. The number of hydrogen-bond donors (Lipinski definition) is 1. The molecule has 0 atom stereocenters. The van der Waals surface area contributed by atoms with Gasteiger partial charge in [-0.15, -0.1) is 0 Å². The van der Waals surface area contributed by atoms with Crippen molar-refractivity contribution in [3.63, 3.8) is 0 Å². The van der Waals surface area contributed by atoms with E-state index in [4.69, 9.17) is 17.3 Å². The molecule has 19 heavy (non-hydrogen) atoms. The van der Waals surface area contributed by atoms with Gasteiger partial charge in [-0.1, -0.05) is 41.9 Å². The Morgan fingerprint density at radius 2 is 1.84 bits per heavy atom. The lowest BCUT2D eigenvalue weighted by Crippen LogP contribution is -2.45. The molecule has 2 N–H and O–H groups in total. The highest BCUT2D eigenvalue weighted by Crippen LogP contribution is 2.36. The van der Waals surface area contributed by atoms with Gasteiger partial charge in [0.25, 0.3) is 0 Å². The van der Waals surface area contributed by atoms with Crippen molar-refractivity contribution in [2.45, 2.75) is 12.8 Å². The molecule has 1 heterocycles. The molecule has 0 amide bonds. The molecule has 0 aromatic heterocycles. The lowest BCUT2D eigenvalue weighted by atomic mass is 9.90. The average Bonchev–Trinajstić information content (AvgIpc) is 2.35. The zero-order valence-electron chi connectivity index (χ0n) is 10.9. The highest BCUT2D eigenvalue weighted by atomic mass is 35.5. The van der Waals surface area contributed by atoms with E-state index in [-0.39, 0.29) is 0 Å². The van der Waals surface area contributed by atoms with Crippen LogP contribution in [0.4, 0.5) is 11.4 Å². The first-order chi connectivity index (χ1) is 9.15. The van der Waals surface area contributed by atoms with Crippen LogP contribution in [0.1, 0.15) is 17.0 Å². The van der Waals surface area contributed by atoms with Gasteiger partial charge in [0.1, 0.15) is 0 Å². The molecule has 0 radical (unpaired) electrons. The molecule has 2 nitrogen and oxygen atoms in total. The molecular weight excluding hydrogens is 256 g/mol. The molecule has 2 aromatic carbocycles. The van der Waals surface area contributed by atoms with Gasteiger partial charge in [-0.2, -0.15) is 0 Å². The summed E-state index contributed by atoms with van der Waals surface area (Å²) in [5, 5.41) is 0.642. The second-order valence-corrected chi connectivity index (χ2v) is 5.58. The zero-order valence-corrected chi connectivity index (χ0v) is 11.7. The van der Waals surface area contributed by atoms with Crippen LogP contribution in [0.3, 0.4) is 0 Å². The maximum absolute atomic E-state index is 6.11. The van der Waals surface area contributed by atoms with Crippen LogP contribution in [0.25, 0.3) is 0 Å². The van der Waals surface area contributed by atoms with E-state index in [0.717, 1.165) is 13.1 Å². The third-order valence-electron chi connectivity index (χ3n) is 3.81. The molecule has 0 spiro atoms. The predicted molar refractivity (Wildman–Crippen MR) is 82.0 cm³/mol. The molecule has 1 saturated heterocycles. The van der Waals surface area contributed by atoms with Gasteiger partial charge in [-0.3, -0.25) is 0 Å². The minimum atomic E-state index is 0.622. The van der Waals surface area contributed by atoms with Crippen LogP contribution in [0, 0.1) is 6.92 Å². The van der Waals surface area contributed by atoms with Gasteiger partial charge in [0, 0.05) is 24.7 Å². The molecule has 1 aliphatic rings. The van der Waals surface area contributed by atoms with Crippen molar-refractivity contribution in [2.75, 3.05) is 23.7 Å². The van der Waals surface area contributed by atoms with Crippen LogP contribution < -0.4 is 10.6 Å². The first-order valence-electron chi connectivity index (χ1n) is 6.50. The standard InChI is InChI=1S/C16H17ClN2/c1-11-7-15(18)14(17)8-16(11)19-9-13(10-19)12-5-3-2-4-6-12/h2-8,13H,9-10,18H2,1H3. The average molecular weight is 273 g/mol. The van der Waals surface area contributed by atoms with Crippen LogP contribution in [0.2, 0.25) is 5.02 Å². The first kappa shape index (κ1) is 12.4. The maximum atomic E-state index is 6.11. The van der Waals surface area contributed by atoms with Crippen LogP contribution in [-0.4, -0.2) is 13.1 Å². The second kappa shape index (κ2) is 4.78. The van der Waals surface area contributed by atoms with Crippen molar-refractivity contribution in [3.05, 3.63) is 58.6 Å². The monoisotopic (exact) mass is 272 g/mol. The number of nitrogen functional groups attached to an aromatic ring is 1. The van der Waals surface area contributed by atoms with Crippen molar-refractivity contribution in [3.8, 4) is 0 Å². The molecule has 3 heteroatoms. The molecule has 2 aromatic rings. The molecule has 0 saturated carbocycles. The summed E-state index contributed by atoms with van der Waals surface area (Å²) in [5.74, 6) is 0.622.